The van der Waals surface area contributed by atoms with Crippen LogP contribution in [-0.4, -0.2) is 37.0 Å². The molecule has 0 aliphatic carbocycles. The van der Waals surface area contributed by atoms with Gasteiger partial charge in [-0.3, -0.25) is 4.79 Å². The predicted octanol–water partition coefficient (Wildman–Crippen LogP) is 2.93. The third kappa shape index (κ3) is 3.05. The van der Waals surface area contributed by atoms with E-state index in [0.717, 1.165) is 30.4 Å². The molecule has 1 aromatic carbocycles. The second-order valence-corrected chi connectivity index (χ2v) is 5.81. The van der Waals surface area contributed by atoms with E-state index in [9.17, 15) is 4.79 Å². The zero-order chi connectivity index (χ0) is 13.1. The van der Waals surface area contributed by atoms with Gasteiger partial charge in [0.25, 0.3) is 5.91 Å². The van der Waals surface area contributed by atoms with Crippen molar-refractivity contribution in [2.75, 3.05) is 20.1 Å². The Morgan fingerprint density at radius 3 is 2.94 bits per heavy atom. The summed E-state index contributed by atoms with van der Waals surface area (Å²) >= 11 is 9.34. The Labute approximate surface area is 121 Å². The van der Waals surface area contributed by atoms with Crippen LogP contribution in [0.5, 0.6) is 0 Å². The Morgan fingerprint density at radius 1 is 1.56 bits per heavy atom. The lowest BCUT2D eigenvalue weighted by atomic mass is 10.1. The number of rotatable bonds is 2. The molecule has 1 unspecified atom stereocenters. The Morgan fingerprint density at radius 2 is 2.33 bits per heavy atom. The van der Waals surface area contributed by atoms with Gasteiger partial charge in [0.1, 0.15) is 0 Å². The summed E-state index contributed by atoms with van der Waals surface area (Å²) in [5.74, 6) is 0.0260. The quantitative estimate of drug-likeness (QED) is 0.904. The summed E-state index contributed by atoms with van der Waals surface area (Å²) < 4.78 is 0.808. The van der Waals surface area contributed by atoms with E-state index in [0.29, 0.717) is 10.6 Å². The molecule has 0 radical (unpaired) electrons. The molecule has 1 N–H and O–H groups in total. The molecule has 1 aliphatic rings. The topological polar surface area (TPSA) is 32.3 Å². The first-order valence-electron chi connectivity index (χ1n) is 6.02. The Balaban J connectivity index is 2.11. The van der Waals surface area contributed by atoms with Crippen molar-refractivity contribution < 1.29 is 4.79 Å². The molecular weight excluding hydrogens is 316 g/mol. The average Bonchev–Trinajstić information content (AvgIpc) is 2.41. The number of piperidine rings is 1. The molecule has 5 heteroatoms. The summed E-state index contributed by atoms with van der Waals surface area (Å²) in [4.78, 5) is 14.1. The van der Waals surface area contributed by atoms with Crippen molar-refractivity contribution in [1.82, 2.24) is 10.2 Å². The van der Waals surface area contributed by atoms with Gasteiger partial charge in [-0.2, -0.15) is 0 Å². The predicted molar refractivity (Wildman–Crippen MR) is 77.1 cm³/mol. The fraction of sp³-hybridized carbons (Fsp3) is 0.462. The van der Waals surface area contributed by atoms with Crippen molar-refractivity contribution in [3.63, 3.8) is 0 Å². The number of nitrogens with zero attached hydrogens (tertiary/aromatic N) is 1. The zero-order valence-corrected chi connectivity index (χ0v) is 12.6. The summed E-state index contributed by atoms with van der Waals surface area (Å²) in [6.45, 7) is 1.91. The summed E-state index contributed by atoms with van der Waals surface area (Å²) in [5.41, 5.74) is 0.635. The molecule has 0 saturated carbocycles. The monoisotopic (exact) mass is 330 g/mol. The van der Waals surface area contributed by atoms with E-state index in [2.05, 4.69) is 21.2 Å². The van der Waals surface area contributed by atoms with E-state index in [1.54, 1.807) is 12.1 Å². The van der Waals surface area contributed by atoms with Crippen LogP contribution in [0.15, 0.2) is 22.7 Å². The van der Waals surface area contributed by atoms with Gasteiger partial charge >= 0.3 is 0 Å². The largest absolute Gasteiger partial charge is 0.337 e. The maximum Gasteiger partial charge on any atom is 0.253 e. The number of amides is 1. The molecule has 0 spiro atoms. The van der Waals surface area contributed by atoms with Gasteiger partial charge in [-0.15, -0.1) is 0 Å². The standard InChI is InChI=1S/C13H16BrClN2O/c1-17(10-3-2-6-16-8-10)13(18)9-4-5-11(14)12(15)7-9/h4-5,7,10,16H,2-3,6,8H2,1H3. The zero-order valence-electron chi connectivity index (χ0n) is 10.2. The fourth-order valence-corrected chi connectivity index (χ4v) is 2.59. The van der Waals surface area contributed by atoms with E-state index in [4.69, 9.17) is 11.6 Å². The lowest BCUT2D eigenvalue weighted by Gasteiger charge is -2.31. The molecule has 3 nitrogen and oxygen atoms in total. The molecule has 18 heavy (non-hydrogen) atoms. The van der Waals surface area contributed by atoms with Gasteiger partial charge in [0.15, 0.2) is 0 Å². The maximum atomic E-state index is 12.3. The molecule has 2 rings (SSSR count). The highest BCUT2D eigenvalue weighted by Crippen LogP contribution is 2.24. The second-order valence-electron chi connectivity index (χ2n) is 4.55. The smallest absolute Gasteiger partial charge is 0.253 e. The summed E-state index contributed by atoms with van der Waals surface area (Å²) in [6.07, 6.45) is 2.17. The highest BCUT2D eigenvalue weighted by atomic mass is 79.9. The number of benzene rings is 1. The third-order valence-electron chi connectivity index (χ3n) is 3.31. The molecule has 1 fully saturated rings. The van der Waals surface area contributed by atoms with Gasteiger partial charge < -0.3 is 10.2 Å². The first kappa shape index (κ1) is 13.8. The van der Waals surface area contributed by atoms with E-state index in [1.807, 2.05) is 18.0 Å². The van der Waals surface area contributed by atoms with Gasteiger partial charge in [0.2, 0.25) is 0 Å². The van der Waals surface area contributed by atoms with Gasteiger partial charge in [-0.05, 0) is 53.5 Å². The number of hydrogen-bond acceptors (Lipinski definition) is 2. The van der Waals surface area contributed by atoms with Gasteiger partial charge in [-0.25, -0.2) is 0 Å². The molecule has 1 heterocycles. The summed E-state index contributed by atoms with van der Waals surface area (Å²) in [7, 11) is 1.86. The normalized spacial score (nSPS) is 19.6. The molecular formula is C13H16BrClN2O. The SMILES string of the molecule is CN(C(=O)c1ccc(Br)c(Cl)c1)C1CCCNC1. The van der Waals surface area contributed by atoms with E-state index < -0.39 is 0 Å². The molecule has 1 saturated heterocycles. The van der Waals surface area contributed by atoms with Gasteiger partial charge in [0.05, 0.1) is 5.02 Å². The number of carbonyl (C=O) groups excluding carboxylic acids is 1. The van der Waals surface area contributed by atoms with Gasteiger partial charge in [-0.1, -0.05) is 11.6 Å². The van der Waals surface area contributed by atoms with Crippen LogP contribution < -0.4 is 5.32 Å². The van der Waals surface area contributed by atoms with Crippen LogP contribution in [0.25, 0.3) is 0 Å². The lowest BCUT2D eigenvalue weighted by molar-refractivity contribution is 0.0708. The lowest BCUT2D eigenvalue weighted by Crippen LogP contribution is -2.46. The molecule has 0 aromatic heterocycles. The van der Waals surface area contributed by atoms with Crippen LogP contribution in [0.1, 0.15) is 23.2 Å². The van der Waals surface area contributed by atoms with E-state index in [-0.39, 0.29) is 11.9 Å². The minimum atomic E-state index is 0.0260. The first-order valence-corrected chi connectivity index (χ1v) is 7.19. The first-order chi connectivity index (χ1) is 8.59. The van der Waals surface area contributed by atoms with Crippen molar-refractivity contribution in [2.45, 2.75) is 18.9 Å². The Bertz CT molecular complexity index is 447. The van der Waals surface area contributed by atoms with Crippen molar-refractivity contribution in [3.05, 3.63) is 33.3 Å². The Kier molecular flexibility index (Phi) is 4.65. The fourth-order valence-electron chi connectivity index (χ4n) is 2.16. The highest BCUT2D eigenvalue weighted by Gasteiger charge is 2.23. The van der Waals surface area contributed by atoms with Gasteiger partial charge in [0, 0.05) is 29.7 Å². The minimum absolute atomic E-state index is 0.0260. The molecule has 98 valence electrons. The van der Waals surface area contributed by atoms with Crippen LogP contribution in [0.4, 0.5) is 0 Å². The Hall–Kier alpha value is -0.580. The molecule has 0 bridgehead atoms. The van der Waals surface area contributed by atoms with Crippen LogP contribution in [0.2, 0.25) is 5.02 Å². The number of carbonyl (C=O) groups is 1. The summed E-state index contributed by atoms with van der Waals surface area (Å²) in [6, 6.07) is 5.59. The molecule has 1 aromatic rings. The average molecular weight is 332 g/mol. The molecule has 1 aliphatic heterocycles. The van der Waals surface area contributed by atoms with E-state index >= 15 is 0 Å². The number of likely N-dealkylation sites (N-methyl/N-ethyl adjacent to an activating group) is 1. The number of hydrogen-bond donors (Lipinski definition) is 1. The van der Waals surface area contributed by atoms with Crippen LogP contribution in [0.3, 0.4) is 0 Å². The maximum absolute atomic E-state index is 12.3. The summed E-state index contributed by atoms with van der Waals surface area (Å²) in [5, 5.41) is 3.88. The van der Waals surface area contributed by atoms with Crippen LogP contribution in [0, 0.1) is 0 Å². The third-order valence-corrected chi connectivity index (χ3v) is 4.54. The molecule has 1 atom stereocenters. The van der Waals surface area contributed by atoms with Crippen LogP contribution in [-0.2, 0) is 0 Å². The highest BCUT2D eigenvalue weighted by molar-refractivity contribution is 9.10. The van der Waals surface area contributed by atoms with Crippen molar-refractivity contribution in [3.8, 4) is 0 Å². The van der Waals surface area contributed by atoms with Crippen molar-refractivity contribution in [1.29, 1.82) is 0 Å². The number of nitrogens with one attached hydrogen (secondary N) is 1. The van der Waals surface area contributed by atoms with E-state index in [1.165, 1.54) is 0 Å². The van der Waals surface area contributed by atoms with Crippen LogP contribution >= 0.6 is 27.5 Å². The molecule has 1 amide bonds. The number of halogens is 2. The van der Waals surface area contributed by atoms with Crippen molar-refractivity contribution in [2.24, 2.45) is 0 Å². The van der Waals surface area contributed by atoms with Crippen molar-refractivity contribution >= 4 is 33.4 Å². The second kappa shape index (κ2) is 6.04. The minimum Gasteiger partial charge on any atom is -0.337 e.